The molecule has 0 radical (unpaired) electrons. The molecule has 1 unspecified atom stereocenters. The molecule has 0 amide bonds. The Bertz CT molecular complexity index is 412. The molecule has 16 heavy (non-hydrogen) atoms. The molecule has 1 aromatic rings. The summed E-state index contributed by atoms with van der Waals surface area (Å²) in [6.45, 7) is 0.0837. The highest BCUT2D eigenvalue weighted by molar-refractivity contribution is 5.55. The van der Waals surface area contributed by atoms with Gasteiger partial charge in [-0.3, -0.25) is 0 Å². The van der Waals surface area contributed by atoms with Crippen LogP contribution in [0.2, 0.25) is 0 Å². The average molecular weight is 222 g/mol. The summed E-state index contributed by atoms with van der Waals surface area (Å²) in [6, 6.07) is 5.13. The average Bonchev–Trinajstić information content (AvgIpc) is 2.35. The number of aliphatic hydroxyl groups excluding tert-OH is 1. The first-order valence-electron chi connectivity index (χ1n) is 4.72. The van der Waals surface area contributed by atoms with Gasteiger partial charge in [-0.1, -0.05) is 0 Å². The number of aliphatic hydroxyl groups is 1. The highest BCUT2D eigenvalue weighted by Gasteiger charge is 2.15. The second-order valence-electron chi connectivity index (χ2n) is 3.17. The Morgan fingerprint density at radius 3 is 2.56 bits per heavy atom. The second-order valence-corrected chi connectivity index (χ2v) is 3.17. The molecule has 1 aromatic carbocycles. The summed E-state index contributed by atoms with van der Waals surface area (Å²) < 4.78 is 10.2. The van der Waals surface area contributed by atoms with E-state index in [1.165, 1.54) is 14.2 Å². The van der Waals surface area contributed by atoms with Crippen LogP contribution in [0.4, 0.5) is 0 Å². The monoisotopic (exact) mass is 222 g/mol. The summed E-state index contributed by atoms with van der Waals surface area (Å²) >= 11 is 0. The van der Waals surface area contributed by atoms with Crippen molar-refractivity contribution in [2.75, 3.05) is 20.8 Å². The van der Waals surface area contributed by atoms with Crippen molar-refractivity contribution < 1.29 is 14.6 Å². The minimum Gasteiger partial charge on any atom is -0.493 e. The van der Waals surface area contributed by atoms with Crippen molar-refractivity contribution in [2.24, 2.45) is 5.73 Å². The number of nitriles is 1. The zero-order valence-electron chi connectivity index (χ0n) is 9.23. The fraction of sp³-hybridized carbons (Fsp3) is 0.364. The van der Waals surface area contributed by atoms with Gasteiger partial charge in [-0.25, -0.2) is 0 Å². The lowest BCUT2D eigenvalue weighted by Gasteiger charge is -2.14. The van der Waals surface area contributed by atoms with Gasteiger partial charge in [-0.2, -0.15) is 5.26 Å². The highest BCUT2D eigenvalue weighted by Crippen LogP contribution is 2.33. The normalized spacial score (nSPS) is 11.7. The number of hydrogen-bond donors (Lipinski definition) is 2. The molecule has 5 nitrogen and oxygen atoms in total. The van der Waals surface area contributed by atoms with E-state index in [0.29, 0.717) is 22.6 Å². The molecule has 0 spiro atoms. The van der Waals surface area contributed by atoms with E-state index in [4.69, 9.17) is 20.5 Å². The Hall–Kier alpha value is -1.77. The Balaban J connectivity index is 3.32. The van der Waals surface area contributed by atoms with Crippen molar-refractivity contribution >= 4 is 0 Å². The van der Waals surface area contributed by atoms with Crippen LogP contribution in [-0.4, -0.2) is 25.9 Å². The Kier molecular flexibility index (Phi) is 4.11. The van der Waals surface area contributed by atoms with Gasteiger partial charge in [0.25, 0.3) is 0 Å². The molecule has 0 aliphatic rings. The molecule has 3 N–H and O–H groups in total. The quantitative estimate of drug-likeness (QED) is 0.777. The Morgan fingerprint density at radius 2 is 2.12 bits per heavy atom. The van der Waals surface area contributed by atoms with Crippen LogP contribution in [0.3, 0.4) is 0 Å². The van der Waals surface area contributed by atoms with E-state index in [0.717, 1.165) is 0 Å². The van der Waals surface area contributed by atoms with Crippen LogP contribution < -0.4 is 15.2 Å². The van der Waals surface area contributed by atoms with E-state index in [1.54, 1.807) is 12.1 Å². The smallest absolute Gasteiger partial charge is 0.178 e. The van der Waals surface area contributed by atoms with Gasteiger partial charge in [-0.05, 0) is 17.7 Å². The van der Waals surface area contributed by atoms with E-state index in [-0.39, 0.29) is 6.54 Å². The number of ether oxygens (including phenoxy) is 2. The van der Waals surface area contributed by atoms with Crippen molar-refractivity contribution in [2.45, 2.75) is 6.10 Å². The molecule has 0 aromatic heterocycles. The Morgan fingerprint density at radius 1 is 1.44 bits per heavy atom. The summed E-state index contributed by atoms with van der Waals surface area (Å²) in [5.74, 6) is 0.766. The fourth-order valence-electron chi connectivity index (χ4n) is 1.40. The van der Waals surface area contributed by atoms with Gasteiger partial charge in [0.1, 0.15) is 6.07 Å². The lowest BCUT2D eigenvalue weighted by Crippen LogP contribution is -2.12. The van der Waals surface area contributed by atoms with Gasteiger partial charge in [0.2, 0.25) is 0 Å². The largest absolute Gasteiger partial charge is 0.493 e. The van der Waals surface area contributed by atoms with Crippen LogP contribution in [0.1, 0.15) is 17.2 Å². The number of methoxy groups -OCH3 is 2. The summed E-state index contributed by atoms with van der Waals surface area (Å²) in [5.41, 5.74) is 6.20. The molecule has 0 heterocycles. The SMILES string of the molecule is COc1cc(C(O)CN)cc(C#N)c1OC. The van der Waals surface area contributed by atoms with E-state index in [9.17, 15) is 5.11 Å². The van der Waals surface area contributed by atoms with Crippen molar-refractivity contribution in [3.8, 4) is 17.6 Å². The second kappa shape index (κ2) is 5.35. The van der Waals surface area contributed by atoms with Gasteiger partial charge in [-0.15, -0.1) is 0 Å². The van der Waals surface area contributed by atoms with Crippen LogP contribution >= 0.6 is 0 Å². The van der Waals surface area contributed by atoms with Crippen LogP contribution in [0, 0.1) is 11.3 Å². The van der Waals surface area contributed by atoms with Crippen molar-refractivity contribution in [3.05, 3.63) is 23.3 Å². The molecular formula is C11H14N2O3. The van der Waals surface area contributed by atoms with Crippen LogP contribution in [-0.2, 0) is 0 Å². The number of nitrogens with zero attached hydrogens (tertiary/aromatic N) is 1. The Labute approximate surface area is 94.0 Å². The maximum Gasteiger partial charge on any atom is 0.178 e. The molecule has 0 fully saturated rings. The van der Waals surface area contributed by atoms with Gasteiger partial charge in [0, 0.05) is 6.54 Å². The third-order valence-electron chi connectivity index (χ3n) is 2.23. The summed E-state index contributed by atoms with van der Waals surface area (Å²) in [5, 5.41) is 18.6. The lowest BCUT2D eigenvalue weighted by molar-refractivity contribution is 0.186. The van der Waals surface area contributed by atoms with Crippen molar-refractivity contribution in [3.63, 3.8) is 0 Å². The number of rotatable bonds is 4. The molecule has 1 rings (SSSR count). The molecule has 0 saturated heterocycles. The standard InChI is InChI=1S/C11H14N2O3/c1-15-10-4-7(9(14)6-13)3-8(5-12)11(10)16-2/h3-4,9,14H,6,13H2,1-2H3. The van der Waals surface area contributed by atoms with E-state index < -0.39 is 6.10 Å². The molecule has 5 heteroatoms. The molecule has 0 saturated carbocycles. The first-order valence-corrected chi connectivity index (χ1v) is 4.72. The minimum atomic E-state index is -0.813. The third kappa shape index (κ3) is 2.24. The molecule has 0 aliphatic heterocycles. The molecule has 1 atom stereocenters. The molecule has 0 aliphatic carbocycles. The topological polar surface area (TPSA) is 88.5 Å². The molecule has 0 bridgehead atoms. The van der Waals surface area contributed by atoms with E-state index >= 15 is 0 Å². The first-order chi connectivity index (χ1) is 7.67. The maximum atomic E-state index is 9.60. The maximum absolute atomic E-state index is 9.60. The molecular weight excluding hydrogens is 208 g/mol. The molecule has 86 valence electrons. The zero-order chi connectivity index (χ0) is 12.1. The van der Waals surface area contributed by atoms with Gasteiger partial charge in [0.15, 0.2) is 11.5 Å². The third-order valence-corrected chi connectivity index (χ3v) is 2.23. The number of benzene rings is 1. The first kappa shape index (κ1) is 12.3. The van der Waals surface area contributed by atoms with E-state index in [2.05, 4.69) is 0 Å². The van der Waals surface area contributed by atoms with Gasteiger partial charge >= 0.3 is 0 Å². The zero-order valence-corrected chi connectivity index (χ0v) is 9.23. The predicted molar refractivity (Wildman–Crippen MR) is 58.3 cm³/mol. The van der Waals surface area contributed by atoms with Gasteiger partial charge < -0.3 is 20.3 Å². The number of hydrogen-bond acceptors (Lipinski definition) is 5. The van der Waals surface area contributed by atoms with Crippen molar-refractivity contribution in [1.29, 1.82) is 5.26 Å². The fourth-order valence-corrected chi connectivity index (χ4v) is 1.40. The predicted octanol–water partition coefficient (Wildman–Crippen LogP) is 0.568. The summed E-state index contributed by atoms with van der Waals surface area (Å²) in [6.07, 6.45) is -0.813. The lowest BCUT2D eigenvalue weighted by atomic mass is 10.0. The van der Waals surface area contributed by atoms with Crippen molar-refractivity contribution in [1.82, 2.24) is 0 Å². The van der Waals surface area contributed by atoms with Gasteiger partial charge in [0.05, 0.1) is 25.9 Å². The highest BCUT2D eigenvalue weighted by atomic mass is 16.5. The van der Waals surface area contributed by atoms with Crippen LogP contribution in [0.25, 0.3) is 0 Å². The summed E-state index contributed by atoms with van der Waals surface area (Å²) in [7, 11) is 2.93. The minimum absolute atomic E-state index is 0.0837. The summed E-state index contributed by atoms with van der Waals surface area (Å²) in [4.78, 5) is 0. The number of nitrogens with two attached hydrogens (primary N) is 1. The van der Waals surface area contributed by atoms with Crippen LogP contribution in [0.5, 0.6) is 11.5 Å². The van der Waals surface area contributed by atoms with Crippen LogP contribution in [0.15, 0.2) is 12.1 Å². The van der Waals surface area contributed by atoms with E-state index in [1.807, 2.05) is 6.07 Å².